The van der Waals surface area contributed by atoms with Crippen LogP contribution in [-0.2, 0) is 0 Å². The molecule has 2 rings (SSSR count). The van der Waals surface area contributed by atoms with Crippen LogP contribution < -0.4 is 5.73 Å². The average Bonchev–Trinajstić information content (AvgIpc) is 2.20. The van der Waals surface area contributed by atoms with Crippen molar-refractivity contribution < 1.29 is 4.39 Å². The monoisotopic (exact) mass is 208 g/mol. The van der Waals surface area contributed by atoms with Gasteiger partial charge in [0.25, 0.3) is 0 Å². The number of nitrogen functional groups attached to an aromatic ring is 1. The highest BCUT2D eigenvalue weighted by atomic mass is 19.1. The number of hydrogen-bond donors (Lipinski definition) is 1. The Balaban J connectivity index is 2.20. The maximum absolute atomic E-state index is 13.9. The Kier molecular flexibility index (Phi) is 2.91. The second-order valence-corrected chi connectivity index (χ2v) is 4.30. The van der Waals surface area contributed by atoms with E-state index in [0.717, 1.165) is 24.2 Å². The summed E-state index contributed by atoms with van der Waals surface area (Å²) in [5.41, 5.74) is 7.56. The number of anilines is 1. The first kappa shape index (κ1) is 10.4. The van der Waals surface area contributed by atoms with Gasteiger partial charge in [-0.3, -0.25) is 0 Å². The largest absolute Gasteiger partial charge is 0.398 e. The summed E-state index contributed by atoms with van der Waals surface area (Å²) >= 11 is 0. The molecule has 82 valence electrons. The lowest BCUT2D eigenvalue weighted by atomic mass is 9.87. The maximum atomic E-state index is 13.9. The van der Waals surface area contributed by atoms with E-state index in [2.05, 4.69) is 0 Å². The standard InChI is InChI=1S/C12H17FN2/c1-15-7-6-9(11(13)8-15)10-4-2-3-5-12(10)14/h2-5,9,11H,6-8,14H2,1H3. The molecule has 0 spiro atoms. The van der Waals surface area contributed by atoms with Gasteiger partial charge in [-0.1, -0.05) is 18.2 Å². The first-order valence-electron chi connectivity index (χ1n) is 5.35. The van der Waals surface area contributed by atoms with Crippen LogP contribution >= 0.6 is 0 Å². The van der Waals surface area contributed by atoms with E-state index in [1.807, 2.05) is 36.2 Å². The second kappa shape index (κ2) is 4.19. The summed E-state index contributed by atoms with van der Waals surface area (Å²) in [6, 6.07) is 7.61. The molecule has 1 aromatic rings. The number of nitrogens with zero attached hydrogens (tertiary/aromatic N) is 1. The summed E-state index contributed by atoms with van der Waals surface area (Å²) < 4.78 is 13.9. The van der Waals surface area contributed by atoms with Crippen LogP contribution in [0.1, 0.15) is 17.9 Å². The Bertz CT molecular complexity index is 340. The molecule has 0 radical (unpaired) electrons. The molecule has 15 heavy (non-hydrogen) atoms. The van der Waals surface area contributed by atoms with E-state index in [1.165, 1.54) is 0 Å². The molecule has 0 aromatic heterocycles. The Morgan fingerprint density at radius 1 is 1.40 bits per heavy atom. The van der Waals surface area contributed by atoms with Crippen molar-refractivity contribution in [3.63, 3.8) is 0 Å². The van der Waals surface area contributed by atoms with Gasteiger partial charge in [-0.15, -0.1) is 0 Å². The fraction of sp³-hybridized carbons (Fsp3) is 0.500. The summed E-state index contributed by atoms with van der Waals surface area (Å²) in [6.07, 6.45) is 0.0553. The molecule has 1 heterocycles. The molecule has 2 N–H and O–H groups in total. The number of rotatable bonds is 1. The number of alkyl halides is 1. The molecule has 2 atom stereocenters. The number of halogens is 1. The minimum Gasteiger partial charge on any atom is -0.398 e. The third-order valence-corrected chi connectivity index (χ3v) is 3.14. The summed E-state index contributed by atoms with van der Waals surface area (Å²) in [5, 5.41) is 0. The van der Waals surface area contributed by atoms with Crippen molar-refractivity contribution in [3.8, 4) is 0 Å². The average molecular weight is 208 g/mol. The minimum absolute atomic E-state index is 0.0256. The smallest absolute Gasteiger partial charge is 0.120 e. The van der Waals surface area contributed by atoms with Gasteiger partial charge in [-0.2, -0.15) is 0 Å². The van der Waals surface area contributed by atoms with Crippen LogP contribution in [0.25, 0.3) is 0 Å². The fourth-order valence-corrected chi connectivity index (χ4v) is 2.26. The zero-order valence-corrected chi connectivity index (χ0v) is 8.99. The number of benzene rings is 1. The highest BCUT2D eigenvalue weighted by Crippen LogP contribution is 2.32. The molecule has 1 aromatic carbocycles. The molecular formula is C12H17FN2. The molecule has 1 aliphatic rings. The third-order valence-electron chi connectivity index (χ3n) is 3.14. The van der Waals surface area contributed by atoms with E-state index >= 15 is 0 Å². The molecule has 0 bridgehead atoms. The Labute approximate surface area is 89.9 Å². The molecule has 2 unspecified atom stereocenters. The topological polar surface area (TPSA) is 29.3 Å². The van der Waals surface area contributed by atoms with Crippen molar-refractivity contribution in [1.82, 2.24) is 4.90 Å². The zero-order chi connectivity index (χ0) is 10.8. The SMILES string of the molecule is CN1CCC(c2ccccc2N)C(F)C1. The van der Waals surface area contributed by atoms with Gasteiger partial charge >= 0.3 is 0 Å². The van der Waals surface area contributed by atoms with E-state index in [9.17, 15) is 4.39 Å². The van der Waals surface area contributed by atoms with Crippen LogP contribution in [0, 0.1) is 0 Å². The molecule has 1 saturated heterocycles. The summed E-state index contributed by atoms with van der Waals surface area (Å²) in [6.45, 7) is 1.46. The molecule has 0 aliphatic carbocycles. The van der Waals surface area contributed by atoms with E-state index in [1.54, 1.807) is 0 Å². The summed E-state index contributed by atoms with van der Waals surface area (Å²) in [4.78, 5) is 2.03. The van der Waals surface area contributed by atoms with E-state index in [0.29, 0.717) is 6.54 Å². The Morgan fingerprint density at radius 3 is 2.80 bits per heavy atom. The first-order chi connectivity index (χ1) is 7.18. The van der Waals surface area contributed by atoms with Crippen molar-refractivity contribution in [3.05, 3.63) is 29.8 Å². The molecule has 1 aliphatic heterocycles. The van der Waals surface area contributed by atoms with Gasteiger partial charge in [0.1, 0.15) is 6.17 Å². The first-order valence-corrected chi connectivity index (χ1v) is 5.35. The van der Waals surface area contributed by atoms with Gasteiger partial charge < -0.3 is 10.6 Å². The van der Waals surface area contributed by atoms with Crippen molar-refractivity contribution in [1.29, 1.82) is 0 Å². The number of likely N-dealkylation sites (tertiary alicyclic amines) is 1. The van der Waals surface area contributed by atoms with Gasteiger partial charge in [-0.05, 0) is 31.6 Å². The molecule has 0 saturated carbocycles. The second-order valence-electron chi connectivity index (χ2n) is 4.30. The Hall–Kier alpha value is -1.09. The lowest BCUT2D eigenvalue weighted by molar-refractivity contribution is 0.139. The highest BCUT2D eigenvalue weighted by molar-refractivity contribution is 5.49. The van der Waals surface area contributed by atoms with Gasteiger partial charge in [0.2, 0.25) is 0 Å². The van der Waals surface area contributed by atoms with Crippen LogP contribution in [0.2, 0.25) is 0 Å². The number of piperidine rings is 1. The van der Waals surface area contributed by atoms with E-state index in [4.69, 9.17) is 5.73 Å². The predicted molar refractivity (Wildman–Crippen MR) is 60.6 cm³/mol. The van der Waals surface area contributed by atoms with Crippen LogP contribution in [0.5, 0.6) is 0 Å². The fourth-order valence-electron chi connectivity index (χ4n) is 2.26. The van der Waals surface area contributed by atoms with E-state index < -0.39 is 6.17 Å². The minimum atomic E-state index is -0.798. The van der Waals surface area contributed by atoms with Crippen LogP contribution in [-0.4, -0.2) is 31.2 Å². The summed E-state index contributed by atoms with van der Waals surface area (Å²) in [5.74, 6) is -0.0256. The van der Waals surface area contributed by atoms with Crippen LogP contribution in [0.4, 0.5) is 10.1 Å². The lowest BCUT2D eigenvalue weighted by Gasteiger charge is -2.33. The molecule has 0 amide bonds. The van der Waals surface area contributed by atoms with Crippen molar-refractivity contribution in [2.24, 2.45) is 0 Å². The highest BCUT2D eigenvalue weighted by Gasteiger charge is 2.29. The molecule has 3 heteroatoms. The van der Waals surface area contributed by atoms with Crippen molar-refractivity contribution in [2.75, 3.05) is 25.9 Å². The zero-order valence-electron chi connectivity index (χ0n) is 8.99. The quantitative estimate of drug-likeness (QED) is 0.715. The van der Waals surface area contributed by atoms with Gasteiger partial charge in [0.15, 0.2) is 0 Å². The van der Waals surface area contributed by atoms with Gasteiger partial charge in [-0.25, -0.2) is 4.39 Å². The summed E-state index contributed by atoms with van der Waals surface area (Å²) in [7, 11) is 1.96. The molecule has 2 nitrogen and oxygen atoms in total. The molecular weight excluding hydrogens is 191 g/mol. The third kappa shape index (κ3) is 2.12. The Morgan fingerprint density at radius 2 is 2.13 bits per heavy atom. The van der Waals surface area contributed by atoms with Crippen molar-refractivity contribution >= 4 is 5.69 Å². The van der Waals surface area contributed by atoms with Gasteiger partial charge in [0.05, 0.1) is 0 Å². The van der Waals surface area contributed by atoms with E-state index in [-0.39, 0.29) is 5.92 Å². The van der Waals surface area contributed by atoms with Crippen molar-refractivity contribution in [2.45, 2.75) is 18.5 Å². The number of para-hydroxylation sites is 1. The number of hydrogen-bond acceptors (Lipinski definition) is 2. The van der Waals surface area contributed by atoms with Crippen LogP contribution in [0.3, 0.4) is 0 Å². The predicted octanol–water partition coefficient (Wildman–Crippen LogP) is 2.03. The molecule has 1 fully saturated rings. The lowest BCUT2D eigenvalue weighted by Crippen LogP contribution is -2.38. The number of nitrogens with two attached hydrogens (primary N) is 1. The van der Waals surface area contributed by atoms with Gasteiger partial charge in [0, 0.05) is 18.2 Å². The van der Waals surface area contributed by atoms with Crippen LogP contribution in [0.15, 0.2) is 24.3 Å². The normalized spacial score (nSPS) is 27.9. The maximum Gasteiger partial charge on any atom is 0.120 e.